The van der Waals surface area contributed by atoms with E-state index in [0.717, 1.165) is 33.4 Å². The van der Waals surface area contributed by atoms with Crippen molar-refractivity contribution < 1.29 is 38.9 Å². The molecule has 0 bridgehead atoms. The lowest BCUT2D eigenvalue weighted by Gasteiger charge is -2.54. The van der Waals surface area contributed by atoms with Gasteiger partial charge in [-0.1, -0.05) is 73.8 Å². The Morgan fingerprint density at radius 3 is 1.19 bits per heavy atom. The number of ether oxygens (including phenoxy) is 2. The van der Waals surface area contributed by atoms with Crippen LogP contribution in [0.3, 0.4) is 0 Å². The van der Waals surface area contributed by atoms with Crippen LogP contribution in [0.4, 0.5) is 0 Å². The third-order valence-corrected chi connectivity index (χ3v) is 13.7. The minimum absolute atomic E-state index is 0.0473. The van der Waals surface area contributed by atoms with Crippen LogP contribution in [-0.2, 0) is 44.9 Å². The summed E-state index contributed by atoms with van der Waals surface area (Å²) in [5, 5.41) is 22.5. The minimum atomic E-state index is -1.33. The second-order valence-corrected chi connectivity index (χ2v) is 23.2. The molecule has 0 saturated carbocycles. The predicted octanol–water partition coefficient (Wildman–Crippen LogP) is 10.6. The molecule has 2 aromatic rings. The molecule has 10 heteroatoms. The van der Waals surface area contributed by atoms with Crippen molar-refractivity contribution in [3.8, 4) is 11.5 Å². The maximum absolute atomic E-state index is 14.9. The number of rotatable bonds is 11. The highest BCUT2D eigenvalue weighted by molar-refractivity contribution is 5.95. The van der Waals surface area contributed by atoms with E-state index >= 15 is 0 Å². The van der Waals surface area contributed by atoms with E-state index in [1.165, 1.54) is 12.2 Å². The molecule has 10 nitrogen and oxygen atoms in total. The molecule has 0 aromatic heterocycles. The molecule has 0 radical (unpaired) electrons. The Bertz CT molecular complexity index is 1950. The zero-order valence-corrected chi connectivity index (χ0v) is 41.6. The fourth-order valence-electron chi connectivity index (χ4n) is 11.4. The molecule has 4 rings (SSSR count). The Kier molecular flexibility index (Phi) is 14.1. The number of aryl methyl sites for hydroxylation is 2. The SMILES string of the molecule is C=CC(=O)N1C(C)(C)CC(OC(=O)C(CCC(C)(c2cc(C(C)(C)C)c(O)cc2C)c2cc(C(C)(C)C)c(O)cc2C)C(=O)OC2CC(C)(C)N(C(=O)C=C)C(C)(C)C2)CC1(C)C. The maximum Gasteiger partial charge on any atom is 0.320 e. The number of likely N-dealkylation sites (tertiary alicyclic amines) is 2. The number of phenols is 2. The zero-order valence-electron chi connectivity index (χ0n) is 41.6. The monoisotopic (exact) mass is 871 g/mol. The van der Waals surface area contributed by atoms with Gasteiger partial charge in [0.05, 0.1) is 0 Å². The van der Waals surface area contributed by atoms with Crippen LogP contribution < -0.4 is 0 Å². The summed E-state index contributed by atoms with van der Waals surface area (Å²) < 4.78 is 12.8. The van der Waals surface area contributed by atoms with E-state index in [0.29, 0.717) is 32.1 Å². The van der Waals surface area contributed by atoms with Crippen LogP contribution in [0.2, 0.25) is 0 Å². The number of piperidine rings is 2. The lowest BCUT2D eigenvalue weighted by molar-refractivity contribution is -0.179. The third-order valence-electron chi connectivity index (χ3n) is 13.7. The van der Waals surface area contributed by atoms with Gasteiger partial charge in [0.2, 0.25) is 11.8 Å². The third kappa shape index (κ3) is 10.5. The molecule has 2 aromatic carbocycles. The fraction of sp³-hybridized carbons (Fsp3) is 0.623. The lowest BCUT2D eigenvalue weighted by atomic mass is 9.67. The summed E-state index contributed by atoms with van der Waals surface area (Å²) in [5.41, 5.74) is 0.595. The van der Waals surface area contributed by atoms with Gasteiger partial charge in [0, 0.05) is 53.3 Å². The molecule has 2 aliphatic rings. The Morgan fingerprint density at radius 1 is 0.619 bits per heavy atom. The first kappa shape index (κ1) is 51.0. The van der Waals surface area contributed by atoms with Crippen LogP contribution in [0.5, 0.6) is 11.5 Å². The molecule has 63 heavy (non-hydrogen) atoms. The molecule has 0 unspecified atom stereocenters. The number of amides is 2. The number of nitrogens with zero attached hydrogens (tertiary/aromatic N) is 2. The second-order valence-electron chi connectivity index (χ2n) is 23.2. The molecular weight excluding hydrogens is 793 g/mol. The molecule has 0 aliphatic carbocycles. The number of esters is 2. The summed E-state index contributed by atoms with van der Waals surface area (Å²) in [6, 6.07) is 7.66. The Morgan fingerprint density at radius 2 is 0.921 bits per heavy atom. The highest BCUT2D eigenvalue weighted by Crippen LogP contribution is 2.48. The number of hydrogen-bond acceptors (Lipinski definition) is 8. The van der Waals surface area contributed by atoms with E-state index in [1.54, 1.807) is 21.9 Å². The van der Waals surface area contributed by atoms with Crippen molar-refractivity contribution in [2.75, 3.05) is 0 Å². The lowest BCUT2D eigenvalue weighted by Crippen LogP contribution is -2.64. The summed E-state index contributed by atoms with van der Waals surface area (Å²) >= 11 is 0. The number of aromatic hydroxyl groups is 2. The Hall–Kier alpha value is -4.60. The highest BCUT2D eigenvalue weighted by atomic mass is 16.6. The smallest absolute Gasteiger partial charge is 0.320 e. The van der Waals surface area contributed by atoms with Gasteiger partial charge in [-0.25, -0.2) is 0 Å². The second kappa shape index (κ2) is 17.4. The van der Waals surface area contributed by atoms with Crippen molar-refractivity contribution in [2.45, 2.75) is 207 Å². The highest BCUT2D eigenvalue weighted by Gasteiger charge is 2.51. The van der Waals surface area contributed by atoms with Gasteiger partial charge in [-0.05, 0) is 151 Å². The van der Waals surface area contributed by atoms with Gasteiger partial charge in [-0.3, -0.25) is 19.2 Å². The Balaban J connectivity index is 1.87. The molecule has 2 aliphatic heterocycles. The first-order valence-corrected chi connectivity index (χ1v) is 22.6. The van der Waals surface area contributed by atoms with Crippen molar-refractivity contribution in [3.05, 3.63) is 83.0 Å². The van der Waals surface area contributed by atoms with Gasteiger partial charge in [0.15, 0.2) is 5.92 Å². The van der Waals surface area contributed by atoms with Crippen LogP contribution >= 0.6 is 0 Å². The molecule has 2 N–H and O–H groups in total. The molecular formula is C53H78N2O8. The summed E-state index contributed by atoms with van der Waals surface area (Å²) in [4.78, 5) is 59.5. The standard InChI is InChI=1S/C53H78N2O8/c1-20-43(58)54-49(11,12)28-34(29-50(54,13)14)62-45(60)36(46(61)63-35-30-51(15,16)55(44(59)21-2)52(17,18)31-35)22-23-53(19,37-26-39(47(5,6)7)41(56)24-32(37)3)38-27-40(48(8,9)10)42(57)25-33(38)4/h20-21,24-27,34-36,56-57H,1-2,22-23,28-31H2,3-19H3. The van der Waals surface area contributed by atoms with Crippen molar-refractivity contribution in [1.82, 2.24) is 9.80 Å². The number of carbonyl (C=O) groups is 4. The van der Waals surface area contributed by atoms with Crippen molar-refractivity contribution in [2.24, 2.45) is 5.92 Å². The van der Waals surface area contributed by atoms with E-state index < -0.39 is 68.5 Å². The summed E-state index contributed by atoms with van der Waals surface area (Å²) in [7, 11) is 0. The van der Waals surface area contributed by atoms with Gasteiger partial charge < -0.3 is 29.5 Å². The molecule has 2 amide bonds. The van der Waals surface area contributed by atoms with E-state index in [-0.39, 0.29) is 29.7 Å². The van der Waals surface area contributed by atoms with E-state index in [9.17, 15) is 29.4 Å². The normalized spacial score (nSPS) is 19.1. The summed E-state index contributed by atoms with van der Waals surface area (Å²) in [6.45, 7) is 41.3. The first-order valence-electron chi connectivity index (χ1n) is 22.6. The quantitative estimate of drug-likeness (QED) is 0.130. The number of benzene rings is 2. The summed E-state index contributed by atoms with van der Waals surface area (Å²) in [6.07, 6.45) is 3.14. The van der Waals surface area contributed by atoms with Gasteiger partial charge in [0.1, 0.15) is 23.7 Å². The average molecular weight is 871 g/mol. The van der Waals surface area contributed by atoms with E-state index in [4.69, 9.17) is 9.47 Å². The zero-order chi connectivity index (χ0) is 48.2. The molecule has 348 valence electrons. The summed E-state index contributed by atoms with van der Waals surface area (Å²) in [5.74, 6) is -2.77. The van der Waals surface area contributed by atoms with Gasteiger partial charge in [0.25, 0.3) is 0 Å². The molecule has 2 saturated heterocycles. The van der Waals surface area contributed by atoms with Crippen LogP contribution in [-0.4, -0.2) is 78.1 Å². The van der Waals surface area contributed by atoms with Gasteiger partial charge in [-0.2, -0.15) is 0 Å². The maximum atomic E-state index is 14.9. The average Bonchev–Trinajstić information content (AvgIpc) is 3.07. The molecule has 0 spiro atoms. The van der Waals surface area contributed by atoms with E-state index in [1.807, 2.05) is 123 Å². The first-order chi connectivity index (χ1) is 28.5. The van der Waals surface area contributed by atoms with Gasteiger partial charge in [-0.15, -0.1) is 0 Å². The fourth-order valence-corrected chi connectivity index (χ4v) is 11.4. The van der Waals surface area contributed by atoms with Crippen molar-refractivity contribution >= 4 is 23.8 Å². The van der Waals surface area contributed by atoms with Crippen LogP contribution in [0.15, 0.2) is 49.6 Å². The van der Waals surface area contributed by atoms with Crippen LogP contribution in [0.25, 0.3) is 0 Å². The van der Waals surface area contributed by atoms with E-state index in [2.05, 4.69) is 20.1 Å². The van der Waals surface area contributed by atoms with Crippen LogP contribution in [0.1, 0.15) is 176 Å². The Labute approximate surface area is 378 Å². The number of phenolic OH excluding ortho intramolecular Hbond substituents is 2. The molecule has 0 atom stereocenters. The molecule has 2 fully saturated rings. The largest absolute Gasteiger partial charge is 0.508 e. The number of hydrogen-bond donors (Lipinski definition) is 2. The minimum Gasteiger partial charge on any atom is -0.508 e. The van der Waals surface area contributed by atoms with Crippen LogP contribution in [0, 0.1) is 19.8 Å². The predicted molar refractivity (Wildman–Crippen MR) is 251 cm³/mol. The van der Waals surface area contributed by atoms with Gasteiger partial charge >= 0.3 is 11.9 Å². The van der Waals surface area contributed by atoms with Crippen molar-refractivity contribution in [3.63, 3.8) is 0 Å². The molecule has 2 heterocycles. The van der Waals surface area contributed by atoms with Crippen molar-refractivity contribution in [1.29, 1.82) is 0 Å². The topological polar surface area (TPSA) is 134 Å². The number of carbonyl (C=O) groups excluding carboxylic acids is 4.